The molecule has 0 radical (unpaired) electrons. The fourth-order valence-corrected chi connectivity index (χ4v) is 7.85. The van der Waals surface area contributed by atoms with Gasteiger partial charge in [0.05, 0.1) is 40.5 Å². The molecule has 2 aliphatic rings. The molecular formula is C55H48O18. The van der Waals surface area contributed by atoms with E-state index >= 15 is 0 Å². The Morgan fingerprint density at radius 1 is 0.397 bits per heavy atom. The molecule has 10 atom stereocenters. The predicted molar refractivity (Wildman–Crippen MR) is 253 cm³/mol. The summed E-state index contributed by atoms with van der Waals surface area (Å²) in [5.74, 6) is -5.23. The maximum Gasteiger partial charge on any atom is 0.338 e. The SMILES string of the molecule is COc1ccc(C(=O)OC[C@H]2O[C@@H](O[C@H]3[C@H](OC(=O)c4ccccc4)[C@@H](OC(=O)c4ccccc4)[C@H](O)O[C@@H]3COC(=O)c3ccccc3)[C@H](OC(=O)c3ccccc3)[C@@H](OC(=O)c3ccccc3)[C@H]2O)cc1. The Labute approximate surface area is 417 Å². The highest BCUT2D eigenvalue weighted by Crippen LogP contribution is 2.35. The van der Waals surface area contributed by atoms with E-state index in [1.54, 1.807) is 91.0 Å². The highest BCUT2D eigenvalue weighted by atomic mass is 16.8. The fourth-order valence-electron chi connectivity index (χ4n) is 7.85. The fraction of sp³-hybridized carbons (Fsp3) is 0.236. The maximum atomic E-state index is 14.1. The minimum absolute atomic E-state index is 0.0109. The Bertz CT molecular complexity index is 2800. The molecule has 0 bridgehead atoms. The number of ether oxygens (including phenoxy) is 10. The van der Waals surface area contributed by atoms with Crippen LogP contribution in [0.1, 0.15) is 62.1 Å². The molecular weight excluding hydrogens is 949 g/mol. The second-order valence-corrected chi connectivity index (χ2v) is 16.4. The molecule has 2 aliphatic heterocycles. The zero-order valence-corrected chi connectivity index (χ0v) is 38.9. The van der Waals surface area contributed by atoms with Crippen molar-refractivity contribution in [3.63, 3.8) is 0 Å². The molecule has 73 heavy (non-hydrogen) atoms. The summed E-state index contributed by atoms with van der Waals surface area (Å²) in [6, 6.07) is 44.4. The third-order valence-corrected chi connectivity index (χ3v) is 11.6. The van der Waals surface area contributed by atoms with Crippen LogP contribution in [0.2, 0.25) is 0 Å². The van der Waals surface area contributed by atoms with Gasteiger partial charge in [-0.2, -0.15) is 0 Å². The predicted octanol–water partition coefficient (Wildman–Crippen LogP) is 5.80. The Morgan fingerprint density at radius 3 is 1.18 bits per heavy atom. The van der Waals surface area contributed by atoms with Gasteiger partial charge in [-0.1, -0.05) is 91.0 Å². The number of aliphatic hydroxyl groups is 2. The molecule has 0 amide bonds. The van der Waals surface area contributed by atoms with Crippen molar-refractivity contribution < 1.29 is 86.3 Å². The van der Waals surface area contributed by atoms with E-state index < -0.39 is 110 Å². The monoisotopic (exact) mass is 996 g/mol. The summed E-state index contributed by atoms with van der Waals surface area (Å²) in [4.78, 5) is 82.8. The molecule has 18 nitrogen and oxygen atoms in total. The van der Waals surface area contributed by atoms with Gasteiger partial charge in [0.25, 0.3) is 0 Å². The zero-order valence-electron chi connectivity index (χ0n) is 38.9. The van der Waals surface area contributed by atoms with Crippen LogP contribution in [-0.4, -0.2) is 128 Å². The van der Waals surface area contributed by atoms with E-state index in [0.717, 1.165) is 0 Å². The van der Waals surface area contributed by atoms with Gasteiger partial charge in [-0.25, -0.2) is 28.8 Å². The summed E-state index contributed by atoms with van der Waals surface area (Å²) in [5.41, 5.74) is 0.306. The minimum atomic E-state index is -2.09. The Balaban J connectivity index is 1.22. The molecule has 2 N–H and O–H groups in total. The smallest absolute Gasteiger partial charge is 0.338 e. The second kappa shape index (κ2) is 24.2. The quantitative estimate of drug-likeness (QED) is 0.0811. The second-order valence-electron chi connectivity index (χ2n) is 16.4. The molecule has 2 fully saturated rings. The number of esters is 6. The molecule has 2 heterocycles. The van der Waals surface area contributed by atoms with E-state index in [1.807, 2.05) is 0 Å². The van der Waals surface area contributed by atoms with Crippen LogP contribution in [0.25, 0.3) is 0 Å². The summed E-state index contributed by atoms with van der Waals surface area (Å²) in [5, 5.41) is 23.9. The third kappa shape index (κ3) is 12.8. The van der Waals surface area contributed by atoms with E-state index in [4.69, 9.17) is 47.4 Å². The zero-order chi connectivity index (χ0) is 51.3. The van der Waals surface area contributed by atoms with Gasteiger partial charge in [-0.05, 0) is 84.9 Å². The molecule has 376 valence electrons. The first kappa shape index (κ1) is 51.1. The number of benzene rings is 6. The minimum Gasteiger partial charge on any atom is -0.497 e. The summed E-state index contributed by atoms with van der Waals surface area (Å²) < 4.78 is 59.6. The molecule has 0 spiro atoms. The Morgan fingerprint density at radius 2 is 0.753 bits per heavy atom. The largest absolute Gasteiger partial charge is 0.497 e. The lowest BCUT2D eigenvalue weighted by Crippen LogP contribution is -2.66. The highest BCUT2D eigenvalue weighted by Gasteiger charge is 2.57. The number of carbonyl (C=O) groups excluding carboxylic acids is 6. The van der Waals surface area contributed by atoms with E-state index in [-0.39, 0.29) is 33.4 Å². The van der Waals surface area contributed by atoms with Crippen LogP contribution < -0.4 is 4.74 Å². The number of methoxy groups -OCH3 is 1. The normalized spacial score (nSPS) is 23.4. The van der Waals surface area contributed by atoms with E-state index in [1.165, 1.54) is 92.0 Å². The number of hydrogen-bond donors (Lipinski definition) is 2. The highest BCUT2D eigenvalue weighted by molar-refractivity contribution is 5.92. The molecule has 6 aromatic rings. The number of rotatable bonds is 17. The van der Waals surface area contributed by atoms with Gasteiger partial charge in [-0.3, -0.25) is 0 Å². The summed E-state index contributed by atoms with van der Waals surface area (Å²) >= 11 is 0. The van der Waals surface area contributed by atoms with E-state index in [2.05, 4.69) is 0 Å². The van der Waals surface area contributed by atoms with Crippen molar-refractivity contribution in [2.75, 3.05) is 20.3 Å². The van der Waals surface area contributed by atoms with Gasteiger partial charge in [0.15, 0.2) is 37.0 Å². The molecule has 0 unspecified atom stereocenters. The molecule has 0 saturated carbocycles. The summed E-state index contributed by atoms with van der Waals surface area (Å²) in [6.07, 6.45) is -18.8. The first-order chi connectivity index (χ1) is 35.5. The average molecular weight is 997 g/mol. The Hall–Kier alpha value is -8.26. The van der Waals surface area contributed by atoms with Crippen molar-refractivity contribution in [1.29, 1.82) is 0 Å². The van der Waals surface area contributed by atoms with Crippen LogP contribution >= 0.6 is 0 Å². The lowest BCUT2D eigenvalue weighted by Gasteiger charge is -2.47. The van der Waals surface area contributed by atoms with Crippen molar-refractivity contribution >= 4 is 35.8 Å². The number of aliphatic hydroxyl groups excluding tert-OH is 2. The van der Waals surface area contributed by atoms with Crippen molar-refractivity contribution in [2.45, 2.75) is 61.4 Å². The van der Waals surface area contributed by atoms with E-state index in [9.17, 15) is 39.0 Å². The van der Waals surface area contributed by atoms with Gasteiger partial charge in [0, 0.05) is 0 Å². The molecule has 6 aromatic carbocycles. The van der Waals surface area contributed by atoms with Gasteiger partial charge >= 0.3 is 35.8 Å². The summed E-state index contributed by atoms with van der Waals surface area (Å²) in [7, 11) is 1.45. The number of hydrogen-bond acceptors (Lipinski definition) is 18. The third-order valence-electron chi connectivity index (χ3n) is 11.6. The van der Waals surface area contributed by atoms with Gasteiger partial charge in [0.2, 0.25) is 0 Å². The lowest BCUT2D eigenvalue weighted by molar-refractivity contribution is -0.352. The lowest BCUT2D eigenvalue weighted by atomic mass is 9.96. The van der Waals surface area contributed by atoms with Gasteiger partial charge < -0.3 is 57.6 Å². The standard InChI is InChI=1S/C55H48O18/c1-64-39-29-27-38(28-30-39)49(58)65-31-40-42(56)44(69-50(59)34-19-9-3-10-20-34)47(72-53(62)37-25-15-6-16-26-37)55(68-40)73-43-41(32-66-48(57)33-17-7-2-8-18-33)67-54(63)46(71-52(61)36-23-13-5-14-24-36)45(43)70-51(60)35-21-11-4-12-22-35/h2-30,40-47,54-56,63H,31-32H2,1H3/t40-,41-,42+,43-,44+,45+,46-,47-,54-,55+/m1/s1. The molecule has 8 rings (SSSR count). The van der Waals surface area contributed by atoms with Crippen LogP contribution in [0, 0.1) is 0 Å². The van der Waals surface area contributed by atoms with Crippen LogP contribution in [-0.2, 0) is 42.6 Å². The van der Waals surface area contributed by atoms with Crippen molar-refractivity contribution in [3.05, 3.63) is 209 Å². The summed E-state index contributed by atoms with van der Waals surface area (Å²) in [6.45, 7) is -1.46. The van der Waals surface area contributed by atoms with Crippen LogP contribution in [0.3, 0.4) is 0 Å². The molecule has 18 heteroatoms. The van der Waals surface area contributed by atoms with Crippen LogP contribution in [0.4, 0.5) is 0 Å². The van der Waals surface area contributed by atoms with E-state index in [0.29, 0.717) is 5.75 Å². The van der Waals surface area contributed by atoms with Crippen LogP contribution in [0.5, 0.6) is 5.75 Å². The van der Waals surface area contributed by atoms with Crippen LogP contribution in [0.15, 0.2) is 176 Å². The van der Waals surface area contributed by atoms with Crippen molar-refractivity contribution in [1.82, 2.24) is 0 Å². The average Bonchev–Trinajstić information content (AvgIpc) is 3.44. The molecule has 0 aliphatic carbocycles. The van der Waals surface area contributed by atoms with Crippen molar-refractivity contribution in [2.24, 2.45) is 0 Å². The van der Waals surface area contributed by atoms with Crippen molar-refractivity contribution in [3.8, 4) is 5.75 Å². The van der Waals surface area contributed by atoms with Gasteiger partial charge in [0.1, 0.15) is 43.4 Å². The first-order valence-corrected chi connectivity index (χ1v) is 22.9. The molecule has 2 saturated heterocycles. The van der Waals surface area contributed by atoms with Gasteiger partial charge in [-0.15, -0.1) is 0 Å². The first-order valence-electron chi connectivity index (χ1n) is 22.9. The Kier molecular flexibility index (Phi) is 17.0. The number of carbonyl (C=O) groups is 6. The molecule has 0 aromatic heterocycles. The maximum absolute atomic E-state index is 14.1. The topological polar surface area (TPSA) is 235 Å².